The van der Waals surface area contributed by atoms with Crippen LogP contribution in [-0.4, -0.2) is 9.97 Å². The van der Waals surface area contributed by atoms with Gasteiger partial charge in [0, 0.05) is 11.4 Å². The van der Waals surface area contributed by atoms with Gasteiger partial charge >= 0.3 is 0 Å². The van der Waals surface area contributed by atoms with Crippen LogP contribution in [0.1, 0.15) is 37.1 Å². The van der Waals surface area contributed by atoms with E-state index < -0.39 is 0 Å². The third-order valence-corrected chi connectivity index (χ3v) is 2.02. The molecule has 0 fully saturated rings. The van der Waals surface area contributed by atoms with Gasteiger partial charge in [-0.3, -0.25) is 0 Å². The highest BCUT2D eigenvalue weighted by Crippen LogP contribution is 2.15. The largest absolute Gasteiger partial charge is 0.321 e. The van der Waals surface area contributed by atoms with E-state index in [2.05, 4.69) is 23.8 Å². The van der Waals surface area contributed by atoms with Crippen molar-refractivity contribution in [1.29, 1.82) is 0 Å². The number of hydrogen-bond acceptors (Lipinski definition) is 3. The predicted molar refractivity (Wildman–Crippen MR) is 53.3 cm³/mol. The van der Waals surface area contributed by atoms with Crippen molar-refractivity contribution in [2.45, 2.75) is 33.7 Å². The van der Waals surface area contributed by atoms with E-state index in [0.29, 0.717) is 5.92 Å². The lowest BCUT2D eigenvalue weighted by Crippen LogP contribution is -2.20. The van der Waals surface area contributed by atoms with Gasteiger partial charge in [0.2, 0.25) is 0 Å². The molecule has 1 unspecified atom stereocenters. The van der Waals surface area contributed by atoms with E-state index in [4.69, 9.17) is 5.73 Å². The van der Waals surface area contributed by atoms with Crippen LogP contribution in [-0.2, 0) is 0 Å². The monoisotopic (exact) mass is 179 g/mol. The molecule has 0 radical (unpaired) electrons. The first kappa shape index (κ1) is 10.1. The van der Waals surface area contributed by atoms with E-state index in [9.17, 15) is 0 Å². The molecule has 0 aliphatic heterocycles. The van der Waals surface area contributed by atoms with Crippen LogP contribution in [0.15, 0.2) is 6.07 Å². The van der Waals surface area contributed by atoms with Crippen molar-refractivity contribution in [3.8, 4) is 0 Å². The maximum atomic E-state index is 5.95. The molecular weight excluding hydrogens is 162 g/mol. The fourth-order valence-corrected chi connectivity index (χ4v) is 1.20. The fraction of sp³-hybridized carbons (Fsp3) is 0.600. The molecular formula is C10H17N3. The van der Waals surface area contributed by atoms with E-state index in [0.717, 1.165) is 17.2 Å². The predicted octanol–water partition coefficient (Wildman–Crippen LogP) is 1.75. The van der Waals surface area contributed by atoms with Gasteiger partial charge in [-0.1, -0.05) is 13.8 Å². The van der Waals surface area contributed by atoms with Gasteiger partial charge in [0.1, 0.15) is 5.82 Å². The second-order valence-electron chi connectivity index (χ2n) is 3.78. The Morgan fingerprint density at radius 3 is 2.00 bits per heavy atom. The standard InChI is InChI=1S/C10H17N3/c1-6(2)9(11)10-12-7(3)5-8(4)13-10/h5-6,9H,11H2,1-4H3. The van der Waals surface area contributed by atoms with E-state index >= 15 is 0 Å². The molecule has 3 heteroatoms. The van der Waals surface area contributed by atoms with Gasteiger partial charge in [0.05, 0.1) is 6.04 Å². The Labute approximate surface area is 79.4 Å². The second-order valence-corrected chi connectivity index (χ2v) is 3.78. The number of nitrogens with zero attached hydrogens (tertiary/aromatic N) is 2. The first-order valence-electron chi connectivity index (χ1n) is 4.58. The molecule has 72 valence electrons. The summed E-state index contributed by atoms with van der Waals surface area (Å²) in [5.74, 6) is 1.13. The number of aryl methyl sites for hydroxylation is 2. The van der Waals surface area contributed by atoms with Gasteiger partial charge in [-0.25, -0.2) is 9.97 Å². The van der Waals surface area contributed by atoms with Crippen LogP contribution in [0.5, 0.6) is 0 Å². The summed E-state index contributed by atoms with van der Waals surface area (Å²) in [5, 5.41) is 0. The molecule has 0 saturated carbocycles. The minimum Gasteiger partial charge on any atom is -0.321 e. The van der Waals surface area contributed by atoms with Crippen LogP contribution in [0, 0.1) is 19.8 Å². The van der Waals surface area contributed by atoms with Gasteiger partial charge < -0.3 is 5.73 Å². The fourth-order valence-electron chi connectivity index (χ4n) is 1.20. The summed E-state index contributed by atoms with van der Waals surface area (Å²) in [6.45, 7) is 8.08. The van der Waals surface area contributed by atoms with Crippen LogP contribution in [0.4, 0.5) is 0 Å². The van der Waals surface area contributed by atoms with Crippen molar-refractivity contribution >= 4 is 0 Å². The molecule has 1 aromatic rings. The highest BCUT2D eigenvalue weighted by atomic mass is 14.9. The summed E-state index contributed by atoms with van der Waals surface area (Å²) in [6, 6.07) is 1.90. The smallest absolute Gasteiger partial charge is 0.145 e. The van der Waals surface area contributed by atoms with Crippen molar-refractivity contribution in [3.05, 3.63) is 23.3 Å². The quantitative estimate of drug-likeness (QED) is 0.752. The normalized spacial score (nSPS) is 13.4. The second kappa shape index (κ2) is 3.83. The maximum Gasteiger partial charge on any atom is 0.145 e. The van der Waals surface area contributed by atoms with Gasteiger partial charge in [0.15, 0.2) is 0 Å². The Bertz CT molecular complexity index is 274. The van der Waals surface area contributed by atoms with Gasteiger partial charge in [0.25, 0.3) is 0 Å². The summed E-state index contributed by atoms with van der Waals surface area (Å²) in [7, 11) is 0. The van der Waals surface area contributed by atoms with E-state index in [-0.39, 0.29) is 6.04 Å². The summed E-state index contributed by atoms with van der Waals surface area (Å²) in [4.78, 5) is 8.64. The SMILES string of the molecule is Cc1cc(C)nc(C(N)C(C)C)n1. The molecule has 0 spiro atoms. The van der Waals surface area contributed by atoms with Gasteiger partial charge in [-0.15, -0.1) is 0 Å². The Kier molecular flexibility index (Phi) is 2.98. The third kappa shape index (κ3) is 2.49. The lowest BCUT2D eigenvalue weighted by atomic mass is 10.0. The zero-order chi connectivity index (χ0) is 10.0. The van der Waals surface area contributed by atoms with Gasteiger partial charge in [-0.2, -0.15) is 0 Å². The zero-order valence-corrected chi connectivity index (χ0v) is 8.70. The average Bonchev–Trinajstić information content (AvgIpc) is 2.01. The minimum absolute atomic E-state index is 0.0569. The number of aromatic nitrogens is 2. The Morgan fingerprint density at radius 1 is 1.15 bits per heavy atom. The van der Waals surface area contributed by atoms with Gasteiger partial charge in [-0.05, 0) is 25.8 Å². The minimum atomic E-state index is -0.0569. The van der Waals surface area contributed by atoms with E-state index in [1.165, 1.54) is 0 Å². The van der Waals surface area contributed by atoms with Crippen LogP contribution in [0.25, 0.3) is 0 Å². The van der Waals surface area contributed by atoms with Crippen molar-refractivity contribution in [2.75, 3.05) is 0 Å². The molecule has 0 bridgehead atoms. The molecule has 0 aliphatic rings. The molecule has 0 saturated heterocycles. The van der Waals surface area contributed by atoms with Crippen LogP contribution >= 0.6 is 0 Å². The maximum absolute atomic E-state index is 5.95. The summed E-state index contributed by atoms with van der Waals surface area (Å²) in [5.41, 5.74) is 7.92. The highest BCUT2D eigenvalue weighted by molar-refractivity contribution is 5.10. The molecule has 3 nitrogen and oxygen atoms in total. The zero-order valence-electron chi connectivity index (χ0n) is 8.70. The lowest BCUT2D eigenvalue weighted by Gasteiger charge is -2.14. The first-order chi connectivity index (χ1) is 6.00. The van der Waals surface area contributed by atoms with Crippen LogP contribution in [0.3, 0.4) is 0 Å². The first-order valence-corrected chi connectivity index (χ1v) is 4.58. The van der Waals surface area contributed by atoms with Crippen molar-refractivity contribution in [3.63, 3.8) is 0 Å². The van der Waals surface area contributed by atoms with Crippen molar-refractivity contribution in [2.24, 2.45) is 11.7 Å². The third-order valence-electron chi connectivity index (χ3n) is 2.02. The van der Waals surface area contributed by atoms with E-state index in [1.807, 2.05) is 19.9 Å². The lowest BCUT2D eigenvalue weighted by molar-refractivity contribution is 0.488. The summed E-state index contributed by atoms with van der Waals surface area (Å²) in [6.07, 6.45) is 0. The molecule has 1 heterocycles. The molecule has 1 rings (SSSR count). The molecule has 1 aromatic heterocycles. The van der Waals surface area contributed by atoms with Crippen molar-refractivity contribution in [1.82, 2.24) is 9.97 Å². The summed E-state index contributed by atoms with van der Waals surface area (Å²) < 4.78 is 0. The van der Waals surface area contributed by atoms with Crippen molar-refractivity contribution < 1.29 is 0 Å². The Balaban J connectivity index is 3.01. The molecule has 13 heavy (non-hydrogen) atoms. The molecule has 0 aromatic carbocycles. The van der Waals surface area contributed by atoms with Crippen LogP contribution < -0.4 is 5.73 Å². The average molecular weight is 179 g/mol. The number of nitrogens with two attached hydrogens (primary N) is 1. The molecule has 1 atom stereocenters. The van der Waals surface area contributed by atoms with Crippen LogP contribution in [0.2, 0.25) is 0 Å². The topological polar surface area (TPSA) is 51.8 Å². The molecule has 0 aliphatic carbocycles. The summed E-state index contributed by atoms with van der Waals surface area (Å²) >= 11 is 0. The molecule has 0 amide bonds. The van der Waals surface area contributed by atoms with E-state index in [1.54, 1.807) is 0 Å². The number of rotatable bonds is 2. The Morgan fingerprint density at radius 2 is 1.62 bits per heavy atom. The molecule has 2 N–H and O–H groups in total. The Hall–Kier alpha value is -0.960. The number of hydrogen-bond donors (Lipinski definition) is 1. The highest BCUT2D eigenvalue weighted by Gasteiger charge is 2.13.